The van der Waals surface area contributed by atoms with E-state index in [0.717, 1.165) is 26.2 Å². The van der Waals surface area contributed by atoms with Gasteiger partial charge in [0.05, 0.1) is 0 Å². The van der Waals surface area contributed by atoms with Crippen LogP contribution in [0.2, 0.25) is 0 Å². The Bertz CT molecular complexity index is 377. The topological polar surface area (TPSA) is 41.3 Å². The molecule has 0 saturated carbocycles. The summed E-state index contributed by atoms with van der Waals surface area (Å²) in [5.74, 6) is 1.26. The fourth-order valence-corrected chi connectivity index (χ4v) is 2.89. The molecule has 20 heavy (non-hydrogen) atoms. The second-order valence-corrected chi connectivity index (χ2v) is 6.35. The van der Waals surface area contributed by atoms with Crippen LogP contribution in [-0.2, 0) is 6.54 Å². The van der Waals surface area contributed by atoms with Crippen LogP contribution in [0.1, 0.15) is 25.8 Å². The number of nitrogens with zero attached hydrogens (tertiary/aromatic N) is 1. The third-order valence-corrected chi connectivity index (χ3v) is 4.44. The van der Waals surface area contributed by atoms with Crippen LogP contribution in [0, 0.1) is 11.8 Å². The van der Waals surface area contributed by atoms with E-state index >= 15 is 0 Å². The van der Waals surface area contributed by atoms with Gasteiger partial charge in [-0.15, -0.1) is 0 Å². The van der Waals surface area contributed by atoms with Gasteiger partial charge in [-0.05, 0) is 36.9 Å². The van der Waals surface area contributed by atoms with Gasteiger partial charge < -0.3 is 11.1 Å². The molecular formula is C17H29N3. The molecule has 1 aliphatic rings. The van der Waals surface area contributed by atoms with Crippen LogP contribution in [-0.4, -0.2) is 37.1 Å². The summed E-state index contributed by atoms with van der Waals surface area (Å²) in [6.45, 7) is 9.78. The molecule has 1 aliphatic heterocycles. The van der Waals surface area contributed by atoms with Crippen LogP contribution in [0.4, 0.5) is 0 Å². The maximum absolute atomic E-state index is 5.84. The summed E-state index contributed by atoms with van der Waals surface area (Å²) in [5.41, 5.74) is 7.25. The Morgan fingerprint density at radius 1 is 1.30 bits per heavy atom. The molecular weight excluding hydrogens is 246 g/mol. The molecule has 3 N–H and O–H groups in total. The standard InChI is InChI=1S/C17H29N3/c1-14(2)16(10-18)11-19-17-8-9-20(13-17)12-15-6-4-3-5-7-15/h3-7,14,16-17,19H,8-13,18H2,1-2H3. The van der Waals surface area contributed by atoms with Gasteiger partial charge in [0.25, 0.3) is 0 Å². The highest BCUT2D eigenvalue weighted by atomic mass is 15.2. The summed E-state index contributed by atoms with van der Waals surface area (Å²) in [6.07, 6.45) is 1.25. The molecule has 1 heterocycles. The van der Waals surface area contributed by atoms with Crippen molar-refractivity contribution in [1.82, 2.24) is 10.2 Å². The number of rotatable bonds is 7. The van der Waals surface area contributed by atoms with Gasteiger partial charge in [0, 0.05) is 25.7 Å². The van der Waals surface area contributed by atoms with Crippen molar-refractivity contribution >= 4 is 0 Å². The molecule has 0 amide bonds. The second-order valence-electron chi connectivity index (χ2n) is 6.35. The highest BCUT2D eigenvalue weighted by Gasteiger charge is 2.23. The summed E-state index contributed by atoms with van der Waals surface area (Å²) in [6, 6.07) is 11.4. The average molecular weight is 275 g/mol. The predicted octanol–water partition coefficient (Wildman–Crippen LogP) is 2.08. The van der Waals surface area contributed by atoms with Gasteiger partial charge in [0.2, 0.25) is 0 Å². The first-order chi connectivity index (χ1) is 9.69. The SMILES string of the molecule is CC(C)C(CN)CNC1CCN(Cc2ccccc2)C1. The van der Waals surface area contributed by atoms with Crippen molar-refractivity contribution in [3.63, 3.8) is 0 Å². The Morgan fingerprint density at radius 2 is 2.05 bits per heavy atom. The molecule has 3 heteroatoms. The highest BCUT2D eigenvalue weighted by Crippen LogP contribution is 2.14. The first-order valence-corrected chi connectivity index (χ1v) is 7.88. The van der Waals surface area contributed by atoms with E-state index in [4.69, 9.17) is 5.73 Å². The Kier molecular flexibility index (Phi) is 6.02. The minimum Gasteiger partial charge on any atom is -0.330 e. The van der Waals surface area contributed by atoms with E-state index in [9.17, 15) is 0 Å². The first kappa shape index (κ1) is 15.5. The highest BCUT2D eigenvalue weighted by molar-refractivity contribution is 5.14. The van der Waals surface area contributed by atoms with Crippen molar-refractivity contribution in [2.45, 2.75) is 32.9 Å². The molecule has 1 saturated heterocycles. The molecule has 3 nitrogen and oxygen atoms in total. The molecule has 1 aromatic rings. The molecule has 0 spiro atoms. The van der Waals surface area contributed by atoms with Crippen molar-refractivity contribution in [2.75, 3.05) is 26.2 Å². The number of hydrogen-bond donors (Lipinski definition) is 2. The maximum Gasteiger partial charge on any atom is 0.0234 e. The van der Waals surface area contributed by atoms with Crippen molar-refractivity contribution in [3.8, 4) is 0 Å². The first-order valence-electron chi connectivity index (χ1n) is 7.88. The van der Waals surface area contributed by atoms with E-state index in [-0.39, 0.29) is 0 Å². The second kappa shape index (κ2) is 7.77. The number of nitrogens with two attached hydrogens (primary N) is 1. The Hall–Kier alpha value is -0.900. The van der Waals surface area contributed by atoms with Crippen LogP contribution in [0.25, 0.3) is 0 Å². The Morgan fingerprint density at radius 3 is 2.70 bits per heavy atom. The number of nitrogens with one attached hydrogen (secondary N) is 1. The zero-order valence-electron chi connectivity index (χ0n) is 12.9. The summed E-state index contributed by atoms with van der Waals surface area (Å²) in [7, 11) is 0. The van der Waals surface area contributed by atoms with Crippen LogP contribution in [0.3, 0.4) is 0 Å². The third-order valence-electron chi connectivity index (χ3n) is 4.44. The molecule has 0 radical (unpaired) electrons. The van der Waals surface area contributed by atoms with E-state index in [0.29, 0.717) is 17.9 Å². The van der Waals surface area contributed by atoms with Gasteiger partial charge in [-0.3, -0.25) is 4.90 Å². The van der Waals surface area contributed by atoms with Crippen LogP contribution >= 0.6 is 0 Å². The third kappa shape index (κ3) is 4.58. The van der Waals surface area contributed by atoms with E-state index in [1.54, 1.807) is 0 Å². The zero-order chi connectivity index (χ0) is 14.4. The monoisotopic (exact) mass is 275 g/mol. The van der Waals surface area contributed by atoms with Crippen molar-refractivity contribution in [2.24, 2.45) is 17.6 Å². The van der Waals surface area contributed by atoms with E-state index < -0.39 is 0 Å². The molecule has 2 unspecified atom stereocenters. The molecule has 1 aromatic carbocycles. The summed E-state index contributed by atoms with van der Waals surface area (Å²) < 4.78 is 0. The molecule has 0 aromatic heterocycles. The van der Waals surface area contributed by atoms with Gasteiger partial charge in [-0.1, -0.05) is 44.2 Å². The molecule has 112 valence electrons. The normalized spacial score (nSPS) is 21.5. The largest absolute Gasteiger partial charge is 0.330 e. The fraction of sp³-hybridized carbons (Fsp3) is 0.647. The average Bonchev–Trinajstić information content (AvgIpc) is 2.88. The van der Waals surface area contributed by atoms with E-state index in [1.807, 2.05) is 0 Å². The van der Waals surface area contributed by atoms with Crippen molar-refractivity contribution in [1.29, 1.82) is 0 Å². The summed E-state index contributed by atoms with van der Waals surface area (Å²) in [5, 5.41) is 3.71. The molecule has 0 bridgehead atoms. The van der Waals surface area contributed by atoms with Gasteiger partial charge in [0.1, 0.15) is 0 Å². The van der Waals surface area contributed by atoms with Crippen molar-refractivity contribution in [3.05, 3.63) is 35.9 Å². The minimum atomic E-state index is 0.596. The lowest BCUT2D eigenvalue weighted by Crippen LogP contribution is -2.39. The minimum absolute atomic E-state index is 0.596. The fourth-order valence-electron chi connectivity index (χ4n) is 2.89. The lowest BCUT2D eigenvalue weighted by Gasteiger charge is -2.22. The Labute approximate surface area is 123 Å². The lowest BCUT2D eigenvalue weighted by atomic mass is 9.96. The van der Waals surface area contributed by atoms with E-state index in [2.05, 4.69) is 54.4 Å². The molecule has 2 atom stereocenters. The van der Waals surface area contributed by atoms with Gasteiger partial charge in [-0.2, -0.15) is 0 Å². The van der Waals surface area contributed by atoms with Crippen LogP contribution in [0.15, 0.2) is 30.3 Å². The number of hydrogen-bond acceptors (Lipinski definition) is 3. The summed E-state index contributed by atoms with van der Waals surface area (Å²) in [4.78, 5) is 2.54. The van der Waals surface area contributed by atoms with Crippen LogP contribution in [0.5, 0.6) is 0 Å². The molecule has 1 fully saturated rings. The quantitative estimate of drug-likeness (QED) is 0.800. The molecule has 2 rings (SSSR count). The zero-order valence-corrected chi connectivity index (χ0v) is 12.9. The summed E-state index contributed by atoms with van der Waals surface area (Å²) >= 11 is 0. The smallest absolute Gasteiger partial charge is 0.0234 e. The van der Waals surface area contributed by atoms with Crippen LogP contribution < -0.4 is 11.1 Å². The number of likely N-dealkylation sites (tertiary alicyclic amines) is 1. The maximum atomic E-state index is 5.84. The predicted molar refractivity (Wildman–Crippen MR) is 85.5 cm³/mol. The number of benzene rings is 1. The lowest BCUT2D eigenvalue weighted by molar-refractivity contribution is 0.308. The van der Waals surface area contributed by atoms with E-state index in [1.165, 1.54) is 18.5 Å². The van der Waals surface area contributed by atoms with Crippen molar-refractivity contribution < 1.29 is 0 Å². The Balaban J connectivity index is 1.72. The van der Waals surface area contributed by atoms with Gasteiger partial charge in [0.15, 0.2) is 0 Å². The van der Waals surface area contributed by atoms with Gasteiger partial charge >= 0.3 is 0 Å². The van der Waals surface area contributed by atoms with Gasteiger partial charge in [-0.25, -0.2) is 0 Å². The molecule has 0 aliphatic carbocycles.